The summed E-state index contributed by atoms with van der Waals surface area (Å²) in [5.74, 6) is 0.456. The fourth-order valence-electron chi connectivity index (χ4n) is 3.87. The largest absolute Gasteiger partial charge is 0.444 e. The van der Waals surface area contributed by atoms with E-state index in [1.54, 1.807) is 10.3 Å². The molecule has 3 aromatic rings. The van der Waals surface area contributed by atoms with E-state index in [2.05, 4.69) is 25.2 Å². The van der Waals surface area contributed by atoms with Crippen molar-refractivity contribution in [3.8, 4) is 0 Å². The number of carbonyl (C=O) groups is 2. The number of morpholine rings is 1. The molecule has 0 aliphatic carbocycles. The molecular formula is C25H34N6O4S. The predicted molar refractivity (Wildman–Crippen MR) is 138 cm³/mol. The molecule has 1 saturated heterocycles. The molecule has 36 heavy (non-hydrogen) atoms. The van der Waals surface area contributed by atoms with E-state index >= 15 is 0 Å². The minimum absolute atomic E-state index is 0.0218. The second-order valence-electron chi connectivity index (χ2n) is 9.94. The van der Waals surface area contributed by atoms with Gasteiger partial charge in [-0.2, -0.15) is 0 Å². The maximum atomic E-state index is 12.9. The van der Waals surface area contributed by atoms with Crippen LogP contribution in [0.15, 0.2) is 29.6 Å². The highest BCUT2D eigenvalue weighted by molar-refractivity contribution is 7.09. The number of ether oxygens (including phenoxy) is 2. The molecule has 0 saturated carbocycles. The summed E-state index contributed by atoms with van der Waals surface area (Å²) >= 11 is 1.40. The van der Waals surface area contributed by atoms with Crippen molar-refractivity contribution in [3.05, 3.63) is 46.2 Å². The molecule has 2 amide bonds. The summed E-state index contributed by atoms with van der Waals surface area (Å²) in [6, 6.07) is 7.74. The number of fused-ring (bicyclic) bond motifs is 1. The summed E-state index contributed by atoms with van der Waals surface area (Å²) in [6.45, 7) is 8.97. The molecule has 1 aliphatic heterocycles. The van der Waals surface area contributed by atoms with E-state index in [1.807, 2.05) is 52.1 Å². The van der Waals surface area contributed by atoms with Gasteiger partial charge in [-0.15, -0.1) is 11.3 Å². The van der Waals surface area contributed by atoms with E-state index in [0.717, 1.165) is 29.1 Å². The maximum Gasteiger partial charge on any atom is 0.410 e. The Bertz CT molecular complexity index is 1150. The highest BCUT2D eigenvalue weighted by Gasteiger charge is 2.24. The number of benzene rings is 1. The van der Waals surface area contributed by atoms with Crippen LogP contribution in [-0.2, 0) is 22.4 Å². The topological polar surface area (TPSA) is 113 Å². The van der Waals surface area contributed by atoms with Crippen molar-refractivity contribution in [1.82, 2.24) is 30.1 Å². The van der Waals surface area contributed by atoms with Crippen LogP contribution < -0.4 is 5.32 Å². The van der Waals surface area contributed by atoms with Crippen molar-refractivity contribution in [2.24, 2.45) is 0 Å². The van der Waals surface area contributed by atoms with E-state index < -0.39 is 11.7 Å². The van der Waals surface area contributed by atoms with Gasteiger partial charge in [0.1, 0.15) is 17.1 Å². The Morgan fingerprint density at radius 2 is 2.11 bits per heavy atom. The number of para-hydroxylation sites is 2. The molecule has 0 bridgehead atoms. The first kappa shape index (κ1) is 26.1. The van der Waals surface area contributed by atoms with Gasteiger partial charge in [-0.3, -0.25) is 4.79 Å². The fraction of sp³-hybridized carbons (Fsp3) is 0.520. The second kappa shape index (κ2) is 11.4. The van der Waals surface area contributed by atoms with E-state index in [9.17, 15) is 9.59 Å². The third-order valence-corrected chi connectivity index (χ3v) is 6.55. The molecule has 3 heterocycles. The third-order valence-electron chi connectivity index (χ3n) is 5.64. The second-order valence-corrected chi connectivity index (χ2v) is 10.9. The number of aromatic amines is 1. The van der Waals surface area contributed by atoms with Gasteiger partial charge in [0.05, 0.1) is 35.3 Å². The van der Waals surface area contributed by atoms with Crippen LogP contribution in [0.25, 0.3) is 11.0 Å². The molecule has 0 spiro atoms. The zero-order valence-corrected chi connectivity index (χ0v) is 22.1. The first-order valence-corrected chi connectivity index (χ1v) is 13.0. The van der Waals surface area contributed by atoms with Crippen molar-refractivity contribution >= 4 is 34.4 Å². The summed E-state index contributed by atoms with van der Waals surface area (Å²) in [5, 5.41) is 5.43. The Morgan fingerprint density at radius 3 is 2.86 bits per heavy atom. The number of nitrogens with zero attached hydrogens (tertiary/aromatic N) is 4. The van der Waals surface area contributed by atoms with E-state index in [0.29, 0.717) is 37.6 Å². The van der Waals surface area contributed by atoms with Crippen molar-refractivity contribution in [1.29, 1.82) is 0 Å². The number of hydrogen-bond donors (Lipinski definition) is 2. The summed E-state index contributed by atoms with van der Waals surface area (Å²) in [4.78, 5) is 41.7. The first-order valence-electron chi connectivity index (χ1n) is 12.1. The number of likely N-dealkylation sites (N-methyl/N-ethyl adjacent to an activating group) is 1. The summed E-state index contributed by atoms with van der Waals surface area (Å²) < 4.78 is 11.3. The quantitative estimate of drug-likeness (QED) is 0.475. The van der Waals surface area contributed by atoms with Gasteiger partial charge in [0.25, 0.3) is 5.91 Å². The van der Waals surface area contributed by atoms with E-state index in [4.69, 9.17) is 9.47 Å². The van der Waals surface area contributed by atoms with Gasteiger partial charge in [0.15, 0.2) is 0 Å². The lowest BCUT2D eigenvalue weighted by Crippen LogP contribution is -2.45. The molecule has 4 rings (SSSR count). The number of carbonyl (C=O) groups excluding carboxylic acids is 2. The van der Waals surface area contributed by atoms with Crippen LogP contribution in [0.4, 0.5) is 4.79 Å². The third kappa shape index (κ3) is 7.25. The number of amides is 2. The summed E-state index contributed by atoms with van der Waals surface area (Å²) in [5.41, 5.74) is 1.52. The van der Waals surface area contributed by atoms with Gasteiger partial charge in [0, 0.05) is 38.0 Å². The normalized spacial score (nSPS) is 16.7. The minimum atomic E-state index is -0.619. The number of H-pyrrole nitrogens is 1. The predicted octanol–water partition coefficient (Wildman–Crippen LogP) is 3.06. The van der Waals surface area contributed by atoms with Crippen molar-refractivity contribution in [2.45, 2.75) is 45.4 Å². The van der Waals surface area contributed by atoms with Gasteiger partial charge in [0.2, 0.25) is 0 Å². The average Bonchev–Trinajstić information content (AvgIpc) is 3.45. The molecule has 1 aliphatic rings. The van der Waals surface area contributed by atoms with Gasteiger partial charge in [-0.05, 0) is 40.0 Å². The molecule has 1 fully saturated rings. The molecule has 10 nitrogen and oxygen atoms in total. The molecule has 1 aromatic carbocycles. The Balaban J connectivity index is 1.36. The lowest BCUT2D eigenvalue weighted by molar-refractivity contribution is -0.0175. The zero-order valence-electron chi connectivity index (χ0n) is 21.2. The first-order chi connectivity index (χ1) is 17.2. The number of nitrogens with one attached hydrogen (secondary N) is 2. The van der Waals surface area contributed by atoms with Gasteiger partial charge in [-0.1, -0.05) is 12.1 Å². The van der Waals surface area contributed by atoms with Crippen LogP contribution in [0.5, 0.6) is 0 Å². The summed E-state index contributed by atoms with van der Waals surface area (Å²) in [7, 11) is 2.04. The van der Waals surface area contributed by atoms with E-state index in [-0.39, 0.29) is 18.6 Å². The molecule has 194 valence electrons. The molecule has 2 N–H and O–H groups in total. The van der Waals surface area contributed by atoms with Crippen LogP contribution in [0, 0.1) is 0 Å². The molecule has 2 aromatic heterocycles. The minimum Gasteiger partial charge on any atom is -0.444 e. The van der Waals surface area contributed by atoms with Gasteiger partial charge in [-0.25, -0.2) is 14.8 Å². The van der Waals surface area contributed by atoms with Gasteiger partial charge >= 0.3 is 6.09 Å². The zero-order chi connectivity index (χ0) is 25.7. The number of aromatic nitrogens is 3. The van der Waals surface area contributed by atoms with Crippen molar-refractivity contribution in [2.75, 3.05) is 39.8 Å². The number of rotatable bonds is 8. The van der Waals surface area contributed by atoms with Gasteiger partial charge < -0.3 is 29.6 Å². The molecule has 1 atom stereocenters. The van der Waals surface area contributed by atoms with Crippen LogP contribution in [0.1, 0.15) is 42.1 Å². The number of hydrogen-bond acceptors (Lipinski definition) is 8. The summed E-state index contributed by atoms with van der Waals surface area (Å²) in [6.07, 6.45) is 0.0508. The van der Waals surface area contributed by atoms with Crippen LogP contribution in [-0.4, -0.2) is 88.3 Å². The van der Waals surface area contributed by atoms with Crippen LogP contribution in [0.2, 0.25) is 0 Å². The molecule has 1 unspecified atom stereocenters. The number of thiazole rings is 1. The van der Waals surface area contributed by atoms with Crippen molar-refractivity contribution in [3.63, 3.8) is 0 Å². The lowest BCUT2D eigenvalue weighted by Gasteiger charge is -2.29. The van der Waals surface area contributed by atoms with Crippen molar-refractivity contribution < 1.29 is 19.1 Å². The fourth-order valence-corrected chi connectivity index (χ4v) is 4.64. The maximum absolute atomic E-state index is 12.9. The smallest absolute Gasteiger partial charge is 0.410 e. The highest BCUT2D eigenvalue weighted by atomic mass is 32.1. The Hall–Kier alpha value is -3.02. The Kier molecular flexibility index (Phi) is 8.22. The monoisotopic (exact) mass is 514 g/mol. The molecular weight excluding hydrogens is 480 g/mol. The molecule has 11 heteroatoms. The Morgan fingerprint density at radius 1 is 1.31 bits per heavy atom. The van der Waals surface area contributed by atoms with Crippen LogP contribution >= 0.6 is 11.3 Å². The highest BCUT2D eigenvalue weighted by Crippen LogP contribution is 2.17. The Labute approximate surface area is 215 Å². The molecule has 0 radical (unpaired) electrons. The SMILES string of the molecule is CN1CCOC(CNC(=O)c2csc(CCN(Cc3nc4ccccc4[nH]3)C(=O)OC(C)(C)C)n2)C1. The standard InChI is InChI=1S/C25H34N6O4S/c1-25(2,3)35-24(33)31(15-21-27-18-7-5-6-8-19(18)28-21)10-9-22-29-20(16-36-22)23(32)26-13-17-14-30(4)11-12-34-17/h5-8,16-17H,9-15H2,1-4H3,(H,26,32)(H,27,28). The number of imidazole rings is 1. The van der Waals surface area contributed by atoms with E-state index in [1.165, 1.54) is 11.3 Å². The van der Waals surface area contributed by atoms with Crippen LogP contribution in [0.3, 0.4) is 0 Å². The average molecular weight is 515 g/mol. The lowest BCUT2D eigenvalue weighted by atomic mass is 10.2.